The van der Waals surface area contributed by atoms with E-state index in [9.17, 15) is 4.79 Å². The fraction of sp³-hybridized carbons (Fsp3) is 0.167. The number of carbonyl (C=O) groups is 1. The molecule has 8 nitrogen and oxygen atoms in total. The third-order valence-electron chi connectivity index (χ3n) is 6.85. The van der Waals surface area contributed by atoms with E-state index in [-0.39, 0.29) is 11.9 Å². The van der Waals surface area contributed by atoms with Crippen molar-refractivity contribution in [3.8, 4) is 11.1 Å². The lowest BCUT2D eigenvalue weighted by Crippen LogP contribution is -2.26. The maximum Gasteiger partial charge on any atom is 0.274 e. The van der Waals surface area contributed by atoms with Gasteiger partial charge in [0.05, 0.1) is 6.20 Å². The van der Waals surface area contributed by atoms with Crippen LogP contribution in [0.3, 0.4) is 0 Å². The molecule has 0 radical (unpaired) electrons. The van der Waals surface area contributed by atoms with E-state index in [1.54, 1.807) is 23.0 Å². The van der Waals surface area contributed by atoms with Crippen molar-refractivity contribution >= 4 is 28.6 Å². The van der Waals surface area contributed by atoms with E-state index in [1.807, 2.05) is 66.7 Å². The van der Waals surface area contributed by atoms with Crippen LogP contribution < -0.4 is 21.3 Å². The summed E-state index contributed by atoms with van der Waals surface area (Å²) in [5, 5.41) is 10.8. The van der Waals surface area contributed by atoms with E-state index in [4.69, 9.17) is 5.73 Å². The summed E-state index contributed by atoms with van der Waals surface area (Å²) in [6.07, 6.45) is 4.54. The molecular formula is C30H29N7O. The number of nitrogens with zero attached hydrogens (tertiary/aromatic N) is 4. The van der Waals surface area contributed by atoms with Gasteiger partial charge < -0.3 is 21.3 Å². The van der Waals surface area contributed by atoms with Gasteiger partial charge in [-0.2, -0.15) is 5.10 Å². The number of anilines is 3. The number of hydrogen-bond acceptors (Lipinski definition) is 6. The molecule has 4 N–H and O–H groups in total. The van der Waals surface area contributed by atoms with Gasteiger partial charge in [-0.05, 0) is 60.0 Å². The third-order valence-corrected chi connectivity index (χ3v) is 6.85. The molecule has 38 heavy (non-hydrogen) atoms. The van der Waals surface area contributed by atoms with Gasteiger partial charge in [0.25, 0.3) is 5.91 Å². The molecule has 3 heterocycles. The Balaban J connectivity index is 1.15. The summed E-state index contributed by atoms with van der Waals surface area (Å²) in [5.74, 6) is -0.268. The second kappa shape index (κ2) is 10.4. The van der Waals surface area contributed by atoms with E-state index in [0.717, 1.165) is 54.2 Å². The number of aromatic nitrogens is 3. The summed E-state index contributed by atoms with van der Waals surface area (Å²) >= 11 is 0. The lowest BCUT2D eigenvalue weighted by Gasteiger charge is -2.18. The minimum Gasteiger partial charge on any atom is -0.381 e. The molecule has 1 fully saturated rings. The summed E-state index contributed by atoms with van der Waals surface area (Å²) in [6, 6.07) is 28.2. The predicted octanol–water partition coefficient (Wildman–Crippen LogP) is 4.80. The van der Waals surface area contributed by atoms with Gasteiger partial charge in [-0.1, -0.05) is 42.5 Å². The Morgan fingerprint density at radius 1 is 0.947 bits per heavy atom. The van der Waals surface area contributed by atoms with Crippen LogP contribution in [0.2, 0.25) is 0 Å². The Morgan fingerprint density at radius 2 is 1.71 bits per heavy atom. The van der Waals surface area contributed by atoms with E-state index < -0.39 is 0 Å². The van der Waals surface area contributed by atoms with Crippen molar-refractivity contribution < 1.29 is 4.79 Å². The Bertz CT molecular complexity index is 1550. The fourth-order valence-corrected chi connectivity index (χ4v) is 4.74. The zero-order chi connectivity index (χ0) is 25.9. The maximum absolute atomic E-state index is 13.0. The lowest BCUT2D eigenvalue weighted by atomic mass is 10.1. The van der Waals surface area contributed by atoms with Crippen LogP contribution in [0.5, 0.6) is 0 Å². The molecule has 0 saturated carbocycles. The summed E-state index contributed by atoms with van der Waals surface area (Å²) in [6.45, 7) is 2.57. The number of nitrogens with one attached hydrogen (secondary N) is 2. The number of fused-ring (bicyclic) bond motifs is 1. The molecule has 0 aliphatic carbocycles. The number of carbonyl (C=O) groups excluding carboxylic acids is 1. The van der Waals surface area contributed by atoms with Crippen molar-refractivity contribution in [1.29, 1.82) is 0 Å². The highest BCUT2D eigenvalue weighted by molar-refractivity contribution is 6.03. The van der Waals surface area contributed by atoms with Crippen LogP contribution in [0.1, 0.15) is 22.5 Å². The predicted molar refractivity (Wildman–Crippen MR) is 151 cm³/mol. The zero-order valence-electron chi connectivity index (χ0n) is 20.9. The van der Waals surface area contributed by atoms with Crippen molar-refractivity contribution in [1.82, 2.24) is 14.6 Å². The molecule has 1 amide bonds. The second-order valence-electron chi connectivity index (χ2n) is 9.55. The van der Waals surface area contributed by atoms with Crippen LogP contribution >= 0.6 is 0 Å². The minimum atomic E-state index is -0.268. The molecule has 1 aliphatic rings. The van der Waals surface area contributed by atoms with Gasteiger partial charge in [0, 0.05) is 54.5 Å². The van der Waals surface area contributed by atoms with Crippen molar-refractivity contribution in [2.75, 3.05) is 28.6 Å². The summed E-state index contributed by atoms with van der Waals surface area (Å²) in [5.41, 5.74) is 12.9. The van der Waals surface area contributed by atoms with Gasteiger partial charge >= 0.3 is 0 Å². The van der Waals surface area contributed by atoms with Crippen LogP contribution in [0.25, 0.3) is 16.8 Å². The quantitative estimate of drug-likeness (QED) is 0.295. The van der Waals surface area contributed by atoms with Crippen molar-refractivity contribution in [2.45, 2.75) is 19.0 Å². The van der Waals surface area contributed by atoms with Crippen LogP contribution in [-0.2, 0) is 6.54 Å². The highest BCUT2D eigenvalue weighted by atomic mass is 16.1. The first-order chi connectivity index (χ1) is 18.6. The van der Waals surface area contributed by atoms with Gasteiger partial charge in [-0.25, -0.2) is 9.50 Å². The standard InChI is InChI=1S/C30H29N7O/c31-23-14-16-36(20-23)26-12-10-25(11-13-26)34-30(38)28-15-17-37-29(35-28)27(19-33-37)22-6-8-24(9-7-22)32-18-21-4-2-1-3-5-21/h1-13,15,17,19,23,32H,14,16,18,20,31H2,(H,34,38)/t23-/m0/s1. The highest BCUT2D eigenvalue weighted by Crippen LogP contribution is 2.26. The van der Waals surface area contributed by atoms with Gasteiger partial charge in [0.15, 0.2) is 5.65 Å². The first-order valence-electron chi connectivity index (χ1n) is 12.8. The largest absolute Gasteiger partial charge is 0.381 e. The molecular weight excluding hydrogens is 474 g/mol. The maximum atomic E-state index is 13.0. The molecule has 1 atom stereocenters. The van der Waals surface area contributed by atoms with E-state index >= 15 is 0 Å². The van der Waals surface area contributed by atoms with E-state index in [0.29, 0.717) is 11.3 Å². The number of benzene rings is 3. The number of hydrogen-bond donors (Lipinski definition) is 3. The van der Waals surface area contributed by atoms with Gasteiger partial charge in [-0.15, -0.1) is 0 Å². The van der Waals surface area contributed by atoms with Crippen LogP contribution in [0, 0.1) is 0 Å². The molecule has 0 spiro atoms. The Hall–Kier alpha value is -4.69. The molecule has 3 aromatic carbocycles. The first-order valence-corrected chi connectivity index (χ1v) is 12.8. The first kappa shape index (κ1) is 23.7. The van der Waals surface area contributed by atoms with Gasteiger partial charge in [0.1, 0.15) is 5.69 Å². The summed E-state index contributed by atoms with van der Waals surface area (Å²) < 4.78 is 1.68. The molecule has 5 aromatic rings. The average molecular weight is 504 g/mol. The van der Waals surface area contributed by atoms with E-state index in [2.05, 4.69) is 37.7 Å². The number of rotatable bonds is 7. The minimum absolute atomic E-state index is 0.220. The normalized spacial score (nSPS) is 15.1. The van der Waals surface area contributed by atoms with Crippen molar-refractivity contribution in [3.63, 3.8) is 0 Å². The van der Waals surface area contributed by atoms with Crippen molar-refractivity contribution in [3.05, 3.63) is 109 Å². The molecule has 1 aliphatic heterocycles. The molecule has 0 unspecified atom stereocenters. The molecule has 2 aromatic heterocycles. The number of amides is 1. The molecule has 190 valence electrons. The van der Waals surface area contributed by atoms with Gasteiger partial charge in [0.2, 0.25) is 0 Å². The monoisotopic (exact) mass is 503 g/mol. The zero-order valence-corrected chi connectivity index (χ0v) is 20.9. The molecule has 8 heteroatoms. The second-order valence-corrected chi connectivity index (χ2v) is 9.55. The fourth-order valence-electron chi connectivity index (χ4n) is 4.74. The van der Waals surface area contributed by atoms with Crippen LogP contribution in [0.4, 0.5) is 17.1 Å². The smallest absolute Gasteiger partial charge is 0.274 e. The molecule has 0 bridgehead atoms. The Labute approximate surface area is 221 Å². The molecule has 1 saturated heterocycles. The van der Waals surface area contributed by atoms with Crippen LogP contribution in [-0.4, -0.2) is 39.6 Å². The average Bonchev–Trinajstić information content (AvgIpc) is 3.59. The van der Waals surface area contributed by atoms with E-state index in [1.165, 1.54) is 5.56 Å². The van der Waals surface area contributed by atoms with Crippen LogP contribution in [0.15, 0.2) is 97.3 Å². The number of nitrogens with two attached hydrogens (primary N) is 1. The summed E-state index contributed by atoms with van der Waals surface area (Å²) in [7, 11) is 0. The Morgan fingerprint density at radius 3 is 2.45 bits per heavy atom. The molecule has 6 rings (SSSR count). The lowest BCUT2D eigenvalue weighted by molar-refractivity contribution is 0.102. The SMILES string of the molecule is N[C@H]1CCN(c2ccc(NC(=O)c3ccn4ncc(-c5ccc(NCc6ccccc6)cc5)c4n3)cc2)C1. The third kappa shape index (κ3) is 5.07. The van der Waals surface area contributed by atoms with Gasteiger partial charge in [-0.3, -0.25) is 4.79 Å². The Kier molecular flexibility index (Phi) is 6.46. The topological polar surface area (TPSA) is 101 Å². The highest BCUT2D eigenvalue weighted by Gasteiger charge is 2.19. The summed E-state index contributed by atoms with van der Waals surface area (Å²) in [4.78, 5) is 19.9. The van der Waals surface area contributed by atoms with Crippen molar-refractivity contribution in [2.24, 2.45) is 5.73 Å².